The molecule has 6 heteroatoms. The van der Waals surface area contributed by atoms with Crippen molar-refractivity contribution in [1.29, 1.82) is 0 Å². The lowest BCUT2D eigenvalue weighted by Gasteiger charge is -2.35. The molecule has 1 aliphatic heterocycles. The SMILES string of the molecule is CCn1c(-c2ccc(C(=O)N3c4ccc(F)cc4CCC3C)s2)nc2ccccc21. The van der Waals surface area contributed by atoms with Gasteiger partial charge in [0.15, 0.2) is 5.82 Å². The van der Waals surface area contributed by atoms with Crippen LogP contribution in [-0.4, -0.2) is 21.5 Å². The summed E-state index contributed by atoms with van der Waals surface area (Å²) < 4.78 is 15.9. The summed E-state index contributed by atoms with van der Waals surface area (Å²) in [5.41, 5.74) is 3.76. The number of benzene rings is 2. The molecule has 0 saturated heterocycles. The van der Waals surface area contributed by atoms with Crippen molar-refractivity contribution in [2.75, 3.05) is 4.90 Å². The van der Waals surface area contributed by atoms with Gasteiger partial charge in [-0.3, -0.25) is 4.79 Å². The maximum absolute atomic E-state index is 13.7. The van der Waals surface area contributed by atoms with Crippen molar-refractivity contribution in [1.82, 2.24) is 9.55 Å². The highest BCUT2D eigenvalue weighted by atomic mass is 32.1. The number of halogens is 1. The summed E-state index contributed by atoms with van der Waals surface area (Å²) in [5.74, 6) is 0.593. The molecule has 152 valence electrons. The lowest BCUT2D eigenvalue weighted by molar-refractivity contribution is 0.0979. The number of thiophene rings is 1. The van der Waals surface area contributed by atoms with Crippen LogP contribution < -0.4 is 4.90 Å². The van der Waals surface area contributed by atoms with E-state index in [-0.39, 0.29) is 17.8 Å². The van der Waals surface area contributed by atoms with Gasteiger partial charge in [-0.05, 0) is 74.7 Å². The number of nitrogens with zero attached hydrogens (tertiary/aromatic N) is 3. The molecule has 0 bridgehead atoms. The van der Waals surface area contributed by atoms with Crippen molar-refractivity contribution >= 4 is 34.0 Å². The number of rotatable bonds is 3. The summed E-state index contributed by atoms with van der Waals surface area (Å²) in [6.45, 7) is 4.96. The fourth-order valence-electron chi connectivity index (χ4n) is 4.31. The minimum Gasteiger partial charge on any atom is -0.324 e. The van der Waals surface area contributed by atoms with Crippen molar-refractivity contribution in [3.05, 3.63) is 70.9 Å². The molecule has 0 N–H and O–H groups in total. The molecule has 4 aromatic rings. The third-order valence-corrected chi connectivity index (χ3v) is 6.87. The van der Waals surface area contributed by atoms with Crippen LogP contribution in [0.15, 0.2) is 54.6 Å². The summed E-state index contributed by atoms with van der Waals surface area (Å²) in [4.78, 5) is 21.7. The predicted molar refractivity (Wildman–Crippen MR) is 120 cm³/mol. The number of aromatic nitrogens is 2. The Morgan fingerprint density at radius 3 is 2.87 bits per heavy atom. The molecular weight excluding hydrogens is 397 g/mol. The second-order valence-electron chi connectivity index (χ2n) is 7.67. The van der Waals surface area contributed by atoms with Crippen molar-refractivity contribution < 1.29 is 9.18 Å². The third-order valence-electron chi connectivity index (χ3n) is 5.80. The molecule has 0 spiro atoms. The fourth-order valence-corrected chi connectivity index (χ4v) is 5.25. The molecule has 2 aromatic heterocycles. The van der Waals surface area contributed by atoms with Gasteiger partial charge in [0.1, 0.15) is 5.82 Å². The smallest absolute Gasteiger partial charge is 0.268 e. The third kappa shape index (κ3) is 3.03. The summed E-state index contributed by atoms with van der Waals surface area (Å²) in [6.07, 6.45) is 1.61. The summed E-state index contributed by atoms with van der Waals surface area (Å²) in [5, 5.41) is 0. The van der Waals surface area contributed by atoms with E-state index in [2.05, 4.69) is 24.5 Å². The van der Waals surface area contributed by atoms with E-state index < -0.39 is 0 Å². The van der Waals surface area contributed by atoms with E-state index in [9.17, 15) is 9.18 Å². The number of hydrogen-bond acceptors (Lipinski definition) is 3. The number of carbonyl (C=O) groups excluding carboxylic acids is 1. The molecule has 4 nitrogen and oxygen atoms in total. The molecule has 30 heavy (non-hydrogen) atoms. The fraction of sp³-hybridized carbons (Fsp3) is 0.250. The van der Waals surface area contributed by atoms with E-state index in [0.717, 1.165) is 52.4 Å². The summed E-state index contributed by atoms with van der Waals surface area (Å²) in [6, 6.07) is 16.7. The highest BCUT2D eigenvalue weighted by Crippen LogP contribution is 2.36. The molecule has 1 amide bonds. The van der Waals surface area contributed by atoms with Crippen LogP contribution in [0.4, 0.5) is 10.1 Å². The molecule has 1 atom stereocenters. The highest BCUT2D eigenvalue weighted by Gasteiger charge is 2.30. The largest absolute Gasteiger partial charge is 0.324 e. The number of amides is 1. The quantitative estimate of drug-likeness (QED) is 0.414. The Hall–Kier alpha value is -2.99. The number of carbonyl (C=O) groups is 1. The van der Waals surface area contributed by atoms with Gasteiger partial charge in [0.05, 0.1) is 20.8 Å². The van der Waals surface area contributed by atoms with Crippen LogP contribution in [0, 0.1) is 5.82 Å². The topological polar surface area (TPSA) is 38.1 Å². The molecule has 2 aromatic carbocycles. The van der Waals surface area contributed by atoms with Gasteiger partial charge in [-0.15, -0.1) is 11.3 Å². The lowest BCUT2D eigenvalue weighted by Crippen LogP contribution is -2.41. The zero-order valence-electron chi connectivity index (χ0n) is 16.9. The van der Waals surface area contributed by atoms with Gasteiger partial charge < -0.3 is 9.47 Å². The van der Waals surface area contributed by atoms with Gasteiger partial charge in [-0.2, -0.15) is 0 Å². The van der Waals surface area contributed by atoms with Gasteiger partial charge in [0, 0.05) is 18.3 Å². The number of anilines is 1. The van der Waals surface area contributed by atoms with E-state index in [1.807, 2.05) is 35.2 Å². The van der Waals surface area contributed by atoms with Crippen LogP contribution in [0.1, 0.15) is 35.5 Å². The van der Waals surface area contributed by atoms with Gasteiger partial charge in [0.25, 0.3) is 5.91 Å². The zero-order valence-corrected chi connectivity index (χ0v) is 17.7. The second kappa shape index (κ2) is 7.36. The Morgan fingerprint density at radius 2 is 2.03 bits per heavy atom. The summed E-state index contributed by atoms with van der Waals surface area (Å²) >= 11 is 1.46. The number of hydrogen-bond donors (Lipinski definition) is 0. The van der Waals surface area contributed by atoms with Crippen LogP contribution in [0.5, 0.6) is 0 Å². The van der Waals surface area contributed by atoms with Crippen LogP contribution in [0.2, 0.25) is 0 Å². The van der Waals surface area contributed by atoms with Crippen molar-refractivity contribution in [3.63, 3.8) is 0 Å². The van der Waals surface area contributed by atoms with Crippen molar-refractivity contribution in [3.8, 4) is 10.7 Å². The monoisotopic (exact) mass is 419 g/mol. The Labute approximate surface area is 178 Å². The van der Waals surface area contributed by atoms with E-state index >= 15 is 0 Å². The molecule has 0 radical (unpaired) electrons. The zero-order chi connectivity index (χ0) is 20.8. The maximum atomic E-state index is 13.7. The summed E-state index contributed by atoms with van der Waals surface area (Å²) in [7, 11) is 0. The number of aryl methyl sites for hydroxylation is 2. The Morgan fingerprint density at radius 1 is 1.20 bits per heavy atom. The first kappa shape index (κ1) is 19.0. The van der Waals surface area contributed by atoms with E-state index in [0.29, 0.717) is 4.88 Å². The maximum Gasteiger partial charge on any atom is 0.268 e. The molecule has 3 heterocycles. The first-order valence-corrected chi connectivity index (χ1v) is 11.1. The average Bonchev–Trinajstić information content (AvgIpc) is 3.38. The molecule has 0 fully saturated rings. The molecule has 5 rings (SSSR count). The van der Waals surface area contributed by atoms with Crippen molar-refractivity contribution in [2.45, 2.75) is 39.3 Å². The molecule has 0 aliphatic carbocycles. The van der Waals surface area contributed by atoms with Crippen LogP contribution in [0.3, 0.4) is 0 Å². The molecular formula is C24H22FN3OS. The van der Waals surface area contributed by atoms with E-state index in [1.54, 1.807) is 12.1 Å². The molecule has 1 aliphatic rings. The minimum atomic E-state index is -0.257. The van der Waals surface area contributed by atoms with Crippen LogP contribution in [-0.2, 0) is 13.0 Å². The van der Waals surface area contributed by atoms with Gasteiger partial charge >= 0.3 is 0 Å². The van der Waals surface area contributed by atoms with Gasteiger partial charge in [-0.25, -0.2) is 9.37 Å². The Kier molecular flexibility index (Phi) is 4.66. The Bertz CT molecular complexity index is 1260. The normalized spacial score (nSPS) is 16.1. The Balaban J connectivity index is 1.53. The minimum absolute atomic E-state index is 0.0366. The molecule has 0 saturated carbocycles. The van der Waals surface area contributed by atoms with Gasteiger partial charge in [-0.1, -0.05) is 12.1 Å². The average molecular weight is 420 g/mol. The van der Waals surface area contributed by atoms with Crippen LogP contribution in [0.25, 0.3) is 21.7 Å². The standard InChI is InChI=1S/C24H22FN3OS/c1-3-27-20-7-5-4-6-18(20)26-23(27)21-12-13-22(30-21)24(29)28-15(2)8-9-16-14-17(25)10-11-19(16)28/h4-7,10-15H,3,8-9H2,1-2H3. The van der Waals surface area contributed by atoms with Crippen LogP contribution >= 0.6 is 11.3 Å². The highest BCUT2D eigenvalue weighted by molar-refractivity contribution is 7.17. The molecule has 1 unspecified atom stereocenters. The van der Waals surface area contributed by atoms with E-state index in [1.165, 1.54) is 17.4 Å². The van der Waals surface area contributed by atoms with Crippen molar-refractivity contribution in [2.24, 2.45) is 0 Å². The lowest BCUT2D eigenvalue weighted by atomic mass is 9.96. The first-order chi connectivity index (χ1) is 14.6. The van der Waals surface area contributed by atoms with Gasteiger partial charge in [0.2, 0.25) is 0 Å². The second-order valence-corrected chi connectivity index (χ2v) is 8.75. The first-order valence-electron chi connectivity index (χ1n) is 10.2. The van der Waals surface area contributed by atoms with E-state index in [4.69, 9.17) is 4.98 Å². The number of imidazole rings is 1. The predicted octanol–water partition coefficient (Wildman–Crippen LogP) is 5.91. The number of fused-ring (bicyclic) bond motifs is 2. The number of para-hydroxylation sites is 2.